The quantitative estimate of drug-likeness (QED) is 0.833. The minimum absolute atomic E-state index is 0.791. The monoisotopic (exact) mass is 300 g/mol. The summed E-state index contributed by atoms with van der Waals surface area (Å²) in [5.41, 5.74) is 2.80. The molecular formula is C18H24N2S. The molecule has 0 saturated heterocycles. The second kappa shape index (κ2) is 6.73. The predicted octanol–water partition coefficient (Wildman–Crippen LogP) is 3.94. The Hall–Kier alpha value is -1.16. The van der Waals surface area contributed by atoms with Gasteiger partial charge in [0.15, 0.2) is 0 Å². The Balaban J connectivity index is 1.52. The Morgan fingerprint density at radius 2 is 1.86 bits per heavy atom. The number of hydrogen-bond donors (Lipinski definition) is 1. The van der Waals surface area contributed by atoms with Crippen LogP contribution < -0.4 is 5.32 Å². The van der Waals surface area contributed by atoms with Gasteiger partial charge in [0.05, 0.1) is 0 Å². The summed E-state index contributed by atoms with van der Waals surface area (Å²) in [4.78, 5) is 5.31. The van der Waals surface area contributed by atoms with E-state index >= 15 is 0 Å². The summed E-state index contributed by atoms with van der Waals surface area (Å²) in [6.07, 6.45) is 2.72. The first-order chi connectivity index (χ1) is 10.2. The van der Waals surface area contributed by atoms with Crippen LogP contribution >= 0.6 is 11.3 Å². The molecule has 0 aliphatic heterocycles. The second-order valence-corrected chi connectivity index (χ2v) is 7.37. The lowest BCUT2D eigenvalue weighted by atomic mass is 10.1. The Kier molecular flexibility index (Phi) is 4.73. The zero-order chi connectivity index (χ0) is 14.7. The molecule has 1 heterocycles. The van der Waals surface area contributed by atoms with E-state index in [2.05, 4.69) is 60.6 Å². The largest absolute Gasteiger partial charge is 0.309 e. The molecule has 1 N–H and O–H groups in total. The van der Waals surface area contributed by atoms with Crippen molar-refractivity contribution in [3.63, 3.8) is 0 Å². The summed E-state index contributed by atoms with van der Waals surface area (Å²) in [6.45, 7) is 5.27. The molecular weight excluding hydrogens is 276 g/mol. The molecule has 1 aliphatic carbocycles. The third-order valence-corrected chi connectivity index (χ3v) is 5.06. The fourth-order valence-electron chi connectivity index (χ4n) is 2.53. The lowest BCUT2D eigenvalue weighted by Crippen LogP contribution is -2.17. The highest BCUT2D eigenvalue weighted by Crippen LogP contribution is 2.22. The first kappa shape index (κ1) is 14.8. The molecule has 1 aromatic heterocycles. The molecule has 0 unspecified atom stereocenters. The van der Waals surface area contributed by atoms with Gasteiger partial charge < -0.3 is 5.32 Å². The van der Waals surface area contributed by atoms with Crippen molar-refractivity contribution < 1.29 is 0 Å². The van der Waals surface area contributed by atoms with E-state index in [0.717, 1.165) is 25.7 Å². The zero-order valence-corrected chi connectivity index (χ0v) is 13.7. The Morgan fingerprint density at radius 3 is 2.62 bits per heavy atom. The van der Waals surface area contributed by atoms with Crippen LogP contribution in [0.4, 0.5) is 0 Å². The molecule has 1 aliphatic rings. The minimum atomic E-state index is 0.791. The van der Waals surface area contributed by atoms with Gasteiger partial charge in [-0.15, -0.1) is 11.3 Å². The van der Waals surface area contributed by atoms with E-state index in [9.17, 15) is 0 Å². The van der Waals surface area contributed by atoms with Gasteiger partial charge in [-0.05, 0) is 50.1 Å². The van der Waals surface area contributed by atoms with Gasteiger partial charge in [0.1, 0.15) is 0 Å². The molecule has 0 spiro atoms. The molecule has 1 fully saturated rings. The summed E-state index contributed by atoms with van der Waals surface area (Å²) in [5.74, 6) is 0. The standard InChI is InChI=1S/C18H24N2S/c1-14-5-3-4-6-15(14)12-20(2)13-18-10-9-17(21-18)11-19-16-7-8-16/h3-6,9-10,16,19H,7-8,11-13H2,1-2H3. The van der Waals surface area contributed by atoms with Gasteiger partial charge >= 0.3 is 0 Å². The van der Waals surface area contributed by atoms with Crippen molar-refractivity contribution in [2.75, 3.05) is 7.05 Å². The Labute approximate surface area is 131 Å². The van der Waals surface area contributed by atoms with Gasteiger partial charge in [0, 0.05) is 35.4 Å². The van der Waals surface area contributed by atoms with Crippen LogP contribution in [0.1, 0.15) is 33.7 Å². The molecule has 2 nitrogen and oxygen atoms in total. The van der Waals surface area contributed by atoms with Crippen LogP contribution in [0.5, 0.6) is 0 Å². The molecule has 3 rings (SSSR count). The fraction of sp³-hybridized carbons (Fsp3) is 0.444. The van der Waals surface area contributed by atoms with E-state index in [1.54, 1.807) is 0 Å². The number of hydrogen-bond acceptors (Lipinski definition) is 3. The third-order valence-electron chi connectivity index (χ3n) is 3.99. The van der Waals surface area contributed by atoms with E-state index < -0.39 is 0 Å². The van der Waals surface area contributed by atoms with Crippen molar-refractivity contribution >= 4 is 11.3 Å². The van der Waals surface area contributed by atoms with E-state index in [4.69, 9.17) is 0 Å². The highest BCUT2D eigenvalue weighted by Gasteiger charge is 2.20. The third kappa shape index (κ3) is 4.40. The van der Waals surface area contributed by atoms with E-state index in [1.807, 2.05) is 11.3 Å². The molecule has 112 valence electrons. The maximum absolute atomic E-state index is 3.58. The Morgan fingerprint density at radius 1 is 1.10 bits per heavy atom. The van der Waals surface area contributed by atoms with Gasteiger partial charge in [-0.25, -0.2) is 0 Å². The van der Waals surface area contributed by atoms with Crippen LogP contribution in [0.15, 0.2) is 36.4 Å². The zero-order valence-electron chi connectivity index (χ0n) is 12.9. The second-order valence-electron chi connectivity index (χ2n) is 6.12. The fourth-order valence-corrected chi connectivity index (χ4v) is 3.58. The van der Waals surface area contributed by atoms with Gasteiger partial charge in [0.2, 0.25) is 0 Å². The van der Waals surface area contributed by atoms with Crippen LogP contribution in [0.3, 0.4) is 0 Å². The average Bonchev–Trinajstić information content (AvgIpc) is 3.19. The van der Waals surface area contributed by atoms with Crippen LogP contribution in [0.25, 0.3) is 0 Å². The molecule has 0 atom stereocenters. The molecule has 1 saturated carbocycles. The van der Waals surface area contributed by atoms with Crippen LogP contribution in [-0.4, -0.2) is 18.0 Å². The van der Waals surface area contributed by atoms with Crippen molar-refractivity contribution in [3.05, 3.63) is 57.3 Å². The highest BCUT2D eigenvalue weighted by molar-refractivity contribution is 7.11. The molecule has 1 aromatic carbocycles. The lowest BCUT2D eigenvalue weighted by Gasteiger charge is -2.17. The summed E-state index contributed by atoms with van der Waals surface area (Å²) < 4.78 is 0. The molecule has 2 aromatic rings. The van der Waals surface area contributed by atoms with Gasteiger partial charge in [0.25, 0.3) is 0 Å². The molecule has 0 amide bonds. The topological polar surface area (TPSA) is 15.3 Å². The van der Waals surface area contributed by atoms with Crippen molar-refractivity contribution in [2.45, 2.75) is 45.4 Å². The first-order valence-corrected chi connectivity index (χ1v) is 8.56. The molecule has 0 radical (unpaired) electrons. The van der Waals surface area contributed by atoms with Crippen molar-refractivity contribution in [1.29, 1.82) is 0 Å². The Bertz CT molecular complexity index is 586. The van der Waals surface area contributed by atoms with Crippen molar-refractivity contribution in [1.82, 2.24) is 10.2 Å². The van der Waals surface area contributed by atoms with E-state index in [0.29, 0.717) is 0 Å². The maximum Gasteiger partial charge on any atom is 0.0328 e. The minimum Gasteiger partial charge on any atom is -0.309 e. The van der Waals surface area contributed by atoms with Crippen molar-refractivity contribution in [3.8, 4) is 0 Å². The van der Waals surface area contributed by atoms with E-state index in [-0.39, 0.29) is 0 Å². The summed E-state index contributed by atoms with van der Waals surface area (Å²) >= 11 is 1.94. The normalized spacial score (nSPS) is 14.8. The number of rotatable bonds is 7. The first-order valence-electron chi connectivity index (χ1n) is 7.75. The number of aryl methyl sites for hydroxylation is 1. The lowest BCUT2D eigenvalue weighted by molar-refractivity contribution is 0.321. The van der Waals surface area contributed by atoms with Gasteiger partial charge in [-0.1, -0.05) is 24.3 Å². The maximum atomic E-state index is 3.58. The smallest absolute Gasteiger partial charge is 0.0328 e. The predicted molar refractivity (Wildman–Crippen MR) is 90.5 cm³/mol. The van der Waals surface area contributed by atoms with Crippen LogP contribution in [0, 0.1) is 6.92 Å². The number of nitrogens with one attached hydrogen (secondary N) is 1. The number of nitrogens with zero attached hydrogens (tertiary/aromatic N) is 1. The van der Waals surface area contributed by atoms with Gasteiger partial charge in [-0.3, -0.25) is 4.90 Å². The van der Waals surface area contributed by atoms with Gasteiger partial charge in [-0.2, -0.15) is 0 Å². The molecule has 3 heteroatoms. The molecule has 0 bridgehead atoms. The molecule has 21 heavy (non-hydrogen) atoms. The van der Waals surface area contributed by atoms with Crippen molar-refractivity contribution in [2.24, 2.45) is 0 Å². The number of benzene rings is 1. The summed E-state index contributed by atoms with van der Waals surface area (Å²) in [6, 6.07) is 14.0. The van der Waals surface area contributed by atoms with E-state index in [1.165, 1.54) is 33.7 Å². The highest BCUT2D eigenvalue weighted by atomic mass is 32.1. The van der Waals surface area contributed by atoms with Crippen LogP contribution in [0.2, 0.25) is 0 Å². The summed E-state index contributed by atoms with van der Waals surface area (Å²) in [7, 11) is 2.20. The number of thiophene rings is 1. The SMILES string of the molecule is Cc1ccccc1CN(C)Cc1ccc(CNC2CC2)s1. The summed E-state index contributed by atoms with van der Waals surface area (Å²) in [5, 5.41) is 3.58. The van der Waals surface area contributed by atoms with Crippen LogP contribution in [-0.2, 0) is 19.6 Å². The average molecular weight is 300 g/mol.